The Labute approximate surface area is 153 Å². The molecule has 3 aromatic carbocycles. The van der Waals surface area contributed by atoms with Gasteiger partial charge in [-0.1, -0.05) is 97.1 Å². The first kappa shape index (κ1) is 17.9. The number of benzene rings is 3. The summed E-state index contributed by atoms with van der Waals surface area (Å²) in [5, 5.41) is 0. The molecule has 26 heavy (non-hydrogen) atoms. The van der Waals surface area contributed by atoms with E-state index in [9.17, 15) is 13.0 Å². The Kier molecular flexibility index (Phi) is 5.46. The van der Waals surface area contributed by atoms with Crippen molar-refractivity contribution in [2.75, 3.05) is 0 Å². The summed E-state index contributed by atoms with van der Waals surface area (Å²) in [6.07, 6.45) is 7.20. The second-order valence-electron chi connectivity index (χ2n) is 5.76. The Hall–Kier alpha value is -2.95. The maximum absolute atomic E-state index is 11.8. The zero-order chi connectivity index (χ0) is 18.4. The second-order valence-corrected chi connectivity index (χ2v) is 7.15. The number of hydrogen-bond acceptors (Lipinski definition) is 2. The van der Waals surface area contributed by atoms with E-state index in [-0.39, 0.29) is 4.90 Å². The van der Waals surface area contributed by atoms with Crippen molar-refractivity contribution in [1.29, 1.82) is 0 Å². The van der Waals surface area contributed by atoms with Crippen LogP contribution in [-0.4, -0.2) is 13.0 Å². The first-order chi connectivity index (χ1) is 12.5. The monoisotopic (exact) mass is 362 g/mol. The summed E-state index contributed by atoms with van der Waals surface area (Å²) >= 11 is 0. The molecule has 3 aromatic rings. The predicted molar refractivity (Wildman–Crippen MR) is 107 cm³/mol. The highest BCUT2D eigenvalue weighted by Crippen LogP contribution is 2.21. The SMILES string of the molecule is O=S(=O)(O)c1cc(/C=C/c2ccccc2)ccc1/C=C/c1ccccc1. The van der Waals surface area contributed by atoms with E-state index in [0.29, 0.717) is 11.1 Å². The molecule has 130 valence electrons. The van der Waals surface area contributed by atoms with Gasteiger partial charge < -0.3 is 0 Å². The molecule has 0 radical (unpaired) electrons. The fourth-order valence-electron chi connectivity index (χ4n) is 2.52. The quantitative estimate of drug-likeness (QED) is 0.497. The third kappa shape index (κ3) is 4.79. The molecule has 0 amide bonds. The van der Waals surface area contributed by atoms with Crippen molar-refractivity contribution in [3.63, 3.8) is 0 Å². The first-order valence-corrected chi connectivity index (χ1v) is 9.54. The van der Waals surface area contributed by atoms with Crippen molar-refractivity contribution in [1.82, 2.24) is 0 Å². The topological polar surface area (TPSA) is 54.4 Å². The van der Waals surface area contributed by atoms with Gasteiger partial charge in [0, 0.05) is 0 Å². The highest BCUT2D eigenvalue weighted by atomic mass is 32.2. The van der Waals surface area contributed by atoms with Crippen molar-refractivity contribution in [2.45, 2.75) is 4.90 Å². The van der Waals surface area contributed by atoms with Gasteiger partial charge >= 0.3 is 0 Å². The van der Waals surface area contributed by atoms with E-state index < -0.39 is 10.1 Å². The van der Waals surface area contributed by atoms with E-state index in [1.807, 2.05) is 85.0 Å². The average Bonchev–Trinajstić information content (AvgIpc) is 2.66. The van der Waals surface area contributed by atoms with Crippen LogP contribution >= 0.6 is 0 Å². The van der Waals surface area contributed by atoms with Gasteiger partial charge in [-0.3, -0.25) is 4.55 Å². The van der Waals surface area contributed by atoms with Crippen molar-refractivity contribution in [2.24, 2.45) is 0 Å². The molecule has 0 aromatic heterocycles. The highest BCUT2D eigenvalue weighted by molar-refractivity contribution is 7.86. The molecule has 0 atom stereocenters. The molecule has 0 aliphatic carbocycles. The van der Waals surface area contributed by atoms with Crippen LogP contribution in [0.15, 0.2) is 83.8 Å². The summed E-state index contributed by atoms with van der Waals surface area (Å²) in [7, 11) is -4.33. The molecule has 0 saturated carbocycles. The lowest BCUT2D eigenvalue weighted by atomic mass is 10.1. The van der Waals surface area contributed by atoms with E-state index in [1.54, 1.807) is 12.1 Å². The zero-order valence-corrected chi connectivity index (χ0v) is 14.8. The summed E-state index contributed by atoms with van der Waals surface area (Å²) in [6.45, 7) is 0. The van der Waals surface area contributed by atoms with Crippen LogP contribution < -0.4 is 0 Å². The van der Waals surface area contributed by atoms with Crippen LogP contribution in [-0.2, 0) is 10.1 Å². The Balaban J connectivity index is 1.94. The van der Waals surface area contributed by atoms with Crippen molar-refractivity contribution in [3.8, 4) is 0 Å². The van der Waals surface area contributed by atoms with Crippen molar-refractivity contribution < 1.29 is 13.0 Å². The number of rotatable bonds is 5. The highest BCUT2D eigenvalue weighted by Gasteiger charge is 2.14. The Morgan fingerprint density at radius 3 is 1.65 bits per heavy atom. The smallest absolute Gasteiger partial charge is 0.282 e. The van der Waals surface area contributed by atoms with Crippen molar-refractivity contribution >= 4 is 34.4 Å². The van der Waals surface area contributed by atoms with Gasteiger partial charge in [0.05, 0.1) is 0 Å². The molecule has 3 rings (SSSR count). The van der Waals surface area contributed by atoms with Crippen LogP contribution in [0.4, 0.5) is 0 Å². The van der Waals surface area contributed by atoms with Crippen LogP contribution in [0.25, 0.3) is 24.3 Å². The zero-order valence-electron chi connectivity index (χ0n) is 14.0. The maximum Gasteiger partial charge on any atom is 0.295 e. The molecule has 0 fully saturated rings. The molecule has 0 aliphatic rings. The summed E-state index contributed by atoms with van der Waals surface area (Å²) in [5.41, 5.74) is 3.09. The van der Waals surface area contributed by atoms with E-state index in [0.717, 1.165) is 11.1 Å². The van der Waals surface area contributed by atoms with E-state index in [4.69, 9.17) is 0 Å². The van der Waals surface area contributed by atoms with Crippen LogP contribution in [0.3, 0.4) is 0 Å². The molecular weight excluding hydrogens is 344 g/mol. The van der Waals surface area contributed by atoms with E-state index >= 15 is 0 Å². The molecule has 1 N–H and O–H groups in total. The summed E-state index contributed by atoms with van der Waals surface area (Å²) in [4.78, 5) is -0.111. The minimum absolute atomic E-state index is 0.111. The first-order valence-electron chi connectivity index (χ1n) is 8.10. The van der Waals surface area contributed by atoms with Crippen LogP contribution in [0.5, 0.6) is 0 Å². The van der Waals surface area contributed by atoms with Gasteiger partial charge in [-0.25, -0.2) is 0 Å². The number of hydrogen-bond donors (Lipinski definition) is 1. The fourth-order valence-corrected chi connectivity index (χ4v) is 3.24. The van der Waals surface area contributed by atoms with Gasteiger partial charge in [-0.05, 0) is 28.3 Å². The minimum Gasteiger partial charge on any atom is -0.282 e. The molecular formula is C22H18O3S. The molecule has 0 spiro atoms. The molecule has 0 unspecified atom stereocenters. The normalized spacial score (nSPS) is 12.0. The predicted octanol–water partition coefficient (Wildman–Crippen LogP) is 5.27. The molecule has 0 heterocycles. The molecule has 0 bridgehead atoms. The molecule has 3 nitrogen and oxygen atoms in total. The largest absolute Gasteiger partial charge is 0.295 e. The van der Waals surface area contributed by atoms with Crippen LogP contribution in [0, 0.1) is 0 Å². The maximum atomic E-state index is 11.8. The Bertz CT molecular complexity index is 1040. The van der Waals surface area contributed by atoms with Crippen LogP contribution in [0.1, 0.15) is 22.3 Å². The Morgan fingerprint density at radius 2 is 1.12 bits per heavy atom. The van der Waals surface area contributed by atoms with Gasteiger partial charge in [-0.2, -0.15) is 8.42 Å². The summed E-state index contributed by atoms with van der Waals surface area (Å²) in [6, 6.07) is 24.2. The molecule has 4 heteroatoms. The second kappa shape index (κ2) is 7.95. The van der Waals surface area contributed by atoms with Gasteiger partial charge in [-0.15, -0.1) is 0 Å². The van der Waals surface area contributed by atoms with E-state index in [1.165, 1.54) is 6.07 Å². The lowest BCUT2D eigenvalue weighted by Crippen LogP contribution is -2.01. The minimum atomic E-state index is -4.33. The van der Waals surface area contributed by atoms with Gasteiger partial charge in [0.1, 0.15) is 4.90 Å². The van der Waals surface area contributed by atoms with Crippen LogP contribution in [0.2, 0.25) is 0 Å². The molecule has 0 aliphatic heterocycles. The third-order valence-electron chi connectivity index (χ3n) is 3.84. The Morgan fingerprint density at radius 1 is 0.615 bits per heavy atom. The summed E-state index contributed by atoms with van der Waals surface area (Å²) in [5.74, 6) is 0. The van der Waals surface area contributed by atoms with Crippen molar-refractivity contribution in [3.05, 3.63) is 101 Å². The van der Waals surface area contributed by atoms with Gasteiger partial charge in [0.2, 0.25) is 0 Å². The standard InChI is InChI=1S/C22H18O3S/c23-26(24,25)22-17-20(12-11-18-7-3-1-4-8-18)14-16-21(22)15-13-19-9-5-2-6-10-19/h1-17H,(H,23,24,25)/b12-11+,15-13+. The molecule has 0 saturated heterocycles. The van der Waals surface area contributed by atoms with Gasteiger partial charge in [0.15, 0.2) is 0 Å². The summed E-state index contributed by atoms with van der Waals surface area (Å²) < 4.78 is 33.2. The lowest BCUT2D eigenvalue weighted by Gasteiger charge is -2.05. The lowest BCUT2D eigenvalue weighted by molar-refractivity contribution is 0.483. The van der Waals surface area contributed by atoms with Gasteiger partial charge in [0.25, 0.3) is 10.1 Å². The average molecular weight is 362 g/mol. The third-order valence-corrected chi connectivity index (χ3v) is 4.75. The fraction of sp³-hybridized carbons (Fsp3) is 0. The van der Waals surface area contributed by atoms with E-state index in [2.05, 4.69) is 0 Å².